The number of nitrogens with two attached hydrogens (primary N) is 1. The van der Waals surface area contributed by atoms with Gasteiger partial charge in [-0.15, -0.1) is 12.4 Å². The molecular weight excluding hydrogens is 164 g/mol. The Morgan fingerprint density at radius 3 is 2.27 bits per heavy atom. The van der Waals surface area contributed by atoms with Crippen molar-refractivity contribution in [1.82, 2.24) is 5.32 Å². The van der Waals surface area contributed by atoms with Gasteiger partial charge in [-0.1, -0.05) is 6.92 Å². The van der Waals surface area contributed by atoms with Crippen molar-refractivity contribution < 1.29 is 4.79 Å². The zero-order chi connectivity index (χ0) is 8.20. The molecule has 4 heteroatoms. The SMILES string of the molecule is CCCNC(=O)C(C)(C)N.Cl. The standard InChI is InChI=1S/C7H16N2O.ClH/c1-4-5-9-6(10)7(2,3)8;/h4-5,8H2,1-3H3,(H,9,10);1H. The molecule has 0 atom stereocenters. The molecular formula is C7H17ClN2O. The highest BCUT2D eigenvalue weighted by Gasteiger charge is 2.20. The Morgan fingerprint density at radius 2 is 2.00 bits per heavy atom. The molecule has 0 aromatic heterocycles. The minimum Gasteiger partial charge on any atom is -0.355 e. The van der Waals surface area contributed by atoms with E-state index < -0.39 is 5.54 Å². The quantitative estimate of drug-likeness (QED) is 0.671. The third-order valence-electron chi connectivity index (χ3n) is 1.12. The molecule has 68 valence electrons. The molecule has 0 heterocycles. The third-order valence-corrected chi connectivity index (χ3v) is 1.12. The van der Waals surface area contributed by atoms with Crippen LogP contribution >= 0.6 is 12.4 Å². The molecule has 0 bridgehead atoms. The van der Waals surface area contributed by atoms with E-state index in [-0.39, 0.29) is 18.3 Å². The van der Waals surface area contributed by atoms with Gasteiger partial charge in [0, 0.05) is 6.54 Å². The molecule has 0 aliphatic rings. The normalized spacial score (nSPS) is 10.2. The summed E-state index contributed by atoms with van der Waals surface area (Å²) in [5, 5.41) is 2.71. The fourth-order valence-corrected chi connectivity index (χ4v) is 0.466. The summed E-state index contributed by atoms with van der Waals surface area (Å²) in [6.45, 7) is 6.10. The molecule has 0 radical (unpaired) electrons. The van der Waals surface area contributed by atoms with E-state index in [1.54, 1.807) is 13.8 Å². The summed E-state index contributed by atoms with van der Waals surface area (Å²) >= 11 is 0. The van der Waals surface area contributed by atoms with E-state index in [2.05, 4.69) is 5.32 Å². The van der Waals surface area contributed by atoms with E-state index in [1.807, 2.05) is 6.92 Å². The minimum absolute atomic E-state index is 0. The lowest BCUT2D eigenvalue weighted by atomic mass is 10.1. The summed E-state index contributed by atoms with van der Waals surface area (Å²) < 4.78 is 0. The highest BCUT2D eigenvalue weighted by atomic mass is 35.5. The van der Waals surface area contributed by atoms with Gasteiger partial charge in [0.15, 0.2) is 0 Å². The summed E-state index contributed by atoms with van der Waals surface area (Å²) in [7, 11) is 0. The Balaban J connectivity index is 0. The Labute approximate surface area is 74.1 Å². The number of halogens is 1. The number of carbonyl (C=O) groups excluding carboxylic acids is 1. The van der Waals surface area contributed by atoms with Gasteiger partial charge in [0.25, 0.3) is 0 Å². The van der Waals surface area contributed by atoms with Crippen LogP contribution in [0, 0.1) is 0 Å². The number of carbonyl (C=O) groups is 1. The zero-order valence-electron chi connectivity index (χ0n) is 7.31. The number of hydrogen-bond acceptors (Lipinski definition) is 2. The van der Waals surface area contributed by atoms with E-state index in [1.165, 1.54) is 0 Å². The second kappa shape index (κ2) is 5.38. The van der Waals surface area contributed by atoms with Crippen molar-refractivity contribution in [3.05, 3.63) is 0 Å². The highest BCUT2D eigenvalue weighted by molar-refractivity contribution is 5.85. The molecule has 3 N–H and O–H groups in total. The van der Waals surface area contributed by atoms with E-state index in [0.717, 1.165) is 6.42 Å². The lowest BCUT2D eigenvalue weighted by molar-refractivity contribution is -0.125. The molecule has 0 spiro atoms. The molecule has 0 aromatic rings. The first kappa shape index (κ1) is 13.3. The number of rotatable bonds is 3. The smallest absolute Gasteiger partial charge is 0.239 e. The summed E-state index contributed by atoms with van der Waals surface area (Å²) in [4.78, 5) is 11.0. The summed E-state index contributed by atoms with van der Waals surface area (Å²) in [6.07, 6.45) is 0.946. The fraction of sp³-hybridized carbons (Fsp3) is 0.857. The maximum atomic E-state index is 11.0. The van der Waals surface area contributed by atoms with Gasteiger partial charge in [0.2, 0.25) is 5.91 Å². The van der Waals surface area contributed by atoms with Gasteiger partial charge in [-0.25, -0.2) is 0 Å². The zero-order valence-corrected chi connectivity index (χ0v) is 8.12. The van der Waals surface area contributed by atoms with E-state index in [4.69, 9.17) is 5.73 Å². The van der Waals surface area contributed by atoms with Gasteiger partial charge in [-0.3, -0.25) is 4.79 Å². The van der Waals surface area contributed by atoms with Crippen molar-refractivity contribution in [2.24, 2.45) is 5.73 Å². The molecule has 3 nitrogen and oxygen atoms in total. The molecule has 0 saturated heterocycles. The van der Waals surface area contributed by atoms with Crippen LogP contribution in [0.25, 0.3) is 0 Å². The van der Waals surface area contributed by atoms with Crippen LogP contribution in [0.5, 0.6) is 0 Å². The van der Waals surface area contributed by atoms with Crippen LogP contribution in [0.3, 0.4) is 0 Å². The Hall–Kier alpha value is -0.280. The number of nitrogens with one attached hydrogen (secondary N) is 1. The Kier molecular flexibility index (Phi) is 6.52. The molecule has 0 aliphatic heterocycles. The second-order valence-corrected chi connectivity index (χ2v) is 2.98. The van der Waals surface area contributed by atoms with Crippen molar-refractivity contribution in [3.63, 3.8) is 0 Å². The highest BCUT2D eigenvalue weighted by Crippen LogP contribution is 1.94. The van der Waals surface area contributed by atoms with Crippen LogP contribution < -0.4 is 11.1 Å². The fourth-order valence-electron chi connectivity index (χ4n) is 0.466. The monoisotopic (exact) mass is 180 g/mol. The largest absolute Gasteiger partial charge is 0.355 e. The average molecular weight is 181 g/mol. The minimum atomic E-state index is -0.741. The number of amides is 1. The topological polar surface area (TPSA) is 55.1 Å². The van der Waals surface area contributed by atoms with Crippen LogP contribution in [0.2, 0.25) is 0 Å². The Morgan fingerprint density at radius 1 is 1.55 bits per heavy atom. The first-order valence-electron chi connectivity index (χ1n) is 3.55. The molecule has 0 fully saturated rings. The summed E-state index contributed by atoms with van der Waals surface area (Å²) in [6, 6.07) is 0. The molecule has 0 aliphatic carbocycles. The van der Waals surface area contributed by atoms with Crippen molar-refractivity contribution in [1.29, 1.82) is 0 Å². The van der Waals surface area contributed by atoms with Crippen LogP contribution in [-0.4, -0.2) is 18.0 Å². The predicted molar refractivity (Wildman–Crippen MR) is 48.8 cm³/mol. The Bertz CT molecular complexity index is 120. The van der Waals surface area contributed by atoms with Gasteiger partial charge in [-0.2, -0.15) is 0 Å². The maximum Gasteiger partial charge on any atom is 0.239 e. The molecule has 11 heavy (non-hydrogen) atoms. The van der Waals surface area contributed by atoms with Crippen molar-refractivity contribution in [2.75, 3.05) is 6.54 Å². The molecule has 0 aromatic carbocycles. The lowest BCUT2D eigenvalue weighted by Crippen LogP contribution is -2.49. The average Bonchev–Trinajstić information content (AvgIpc) is 1.80. The van der Waals surface area contributed by atoms with E-state index in [0.29, 0.717) is 6.54 Å². The molecule has 0 saturated carbocycles. The van der Waals surface area contributed by atoms with Gasteiger partial charge >= 0.3 is 0 Å². The van der Waals surface area contributed by atoms with Gasteiger partial charge < -0.3 is 11.1 Å². The van der Waals surface area contributed by atoms with E-state index in [9.17, 15) is 4.79 Å². The van der Waals surface area contributed by atoms with Crippen LogP contribution in [-0.2, 0) is 4.79 Å². The van der Waals surface area contributed by atoms with Crippen LogP contribution in [0.15, 0.2) is 0 Å². The summed E-state index contributed by atoms with van der Waals surface area (Å²) in [5.74, 6) is -0.0886. The van der Waals surface area contributed by atoms with Crippen LogP contribution in [0.4, 0.5) is 0 Å². The predicted octanol–water partition coefficient (Wildman–Crippen LogP) is 0.672. The van der Waals surface area contributed by atoms with E-state index >= 15 is 0 Å². The molecule has 0 unspecified atom stereocenters. The van der Waals surface area contributed by atoms with Crippen LogP contribution in [0.1, 0.15) is 27.2 Å². The molecule has 0 rings (SSSR count). The van der Waals surface area contributed by atoms with Gasteiger partial charge in [-0.05, 0) is 20.3 Å². The molecule has 1 amide bonds. The van der Waals surface area contributed by atoms with Gasteiger partial charge in [0.05, 0.1) is 5.54 Å². The summed E-state index contributed by atoms with van der Waals surface area (Å²) in [5.41, 5.74) is 4.77. The first-order chi connectivity index (χ1) is 4.48. The number of hydrogen-bond donors (Lipinski definition) is 2. The van der Waals surface area contributed by atoms with Crippen molar-refractivity contribution in [2.45, 2.75) is 32.7 Å². The van der Waals surface area contributed by atoms with Crippen molar-refractivity contribution in [3.8, 4) is 0 Å². The lowest BCUT2D eigenvalue weighted by Gasteiger charge is -2.16. The van der Waals surface area contributed by atoms with Crippen molar-refractivity contribution >= 4 is 18.3 Å². The first-order valence-corrected chi connectivity index (χ1v) is 3.55. The third kappa shape index (κ3) is 6.13. The second-order valence-electron chi connectivity index (χ2n) is 2.98. The maximum absolute atomic E-state index is 11.0. The van der Waals surface area contributed by atoms with Gasteiger partial charge in [0.1, 0.15) is 0 Å².